The lowest BCUT2D eigenvalue weighted by Gasteiger charge is -2.09. The highest BCUT2D eigenvalue weighted by Gasteiger charge is 2.00. The highest BCUT2D eigenvalue weighted by atomic mass is 14.1. The molecule has 0 aliphatic heterocycles. The summed E-state index contributed by atoms with van der Waals surface area (Å²) in [4.78, 5) is 0. The normalized spacial score (nSPS) is 11.1. The Balaban J connectivity index is 0. The van der Waals surface area contributed by atoms with E-state index in [1.54, 1.807) is 0 Å². The average Bonchev–Trinajstić information content (AvgIpc) is 2.15. The summed E-state index contributed by atoms with van der Waals surface area (Å²) in [5, 5.41) is 0. The van der Waals surface area contributed by atoms with E-state index in [4.69, 9.17) is 0 Å². The predicted octanol–water partition coefficient (Wildman–Crippen LogP) is 4.97. The van der Waals surface area contributed by atoms with Crippen LogP contribution in [0.5, 0.6) is 0 Å². The Labute approximate surface area is 84.7 Å². The minimum absolute atomic E-state index is 0.694. The molecule has 0 bridgehead atoms. The highest BCUT2D eigenvalue weighted by Crippen LogP contribution is 2.15. The standard InChI is InChI=1S/C11H20.C2H6/c1-5-6-7-8-9-11(4)10(2)3;1-2/h5,11H,1-2,6-9H2,3-4H3;1-2H3. The van der Waals surface area contributed by atoms with Gasteiger partial charge in [-0.2, -0.15) is 0 Å². The molecule has 0 fully saturated rings. The zero-order valence-corrected chi connectivity index (χ0v) is 9.90. The van der Waals surface area contributed by atoms with Crippen molar-refractivity contribution in [2.45, 2.75) is 53.4 Å². The van der Waals surface area contributed by atoms with Crippen LogP contribution in [0.1, 0.15) is 53.4 Å². The molecule has 0 aromatic heterocycles. The summed E-state index contributed by atoms with van der Waals surface area (Å²) in [7, 11) is 0. The van der Waals surface area contributed by atoms with E-state index >= 15 is 0 Å². The van der Waals surface area contributed by atoms with Crippen LogP contribution in [-0.2, 0) is 0 Å². The lowest BCUT2D eigenvalue weighted by atomic mass is 9.97. The predicted molar refractivity (Wildman–Crippen MR) is 64.0 cm³/mol. The van der Waals surface area contributed by atoms with Crippen LogP contribution in [0.25, 0.3) is 0 Å². The fourth-order valence-corrected chi connectivity index (χ4v) is 0.986. The third-order valence-electron chi connectivity index (χ3n) is 2.14. The maximum Gasteiger partial charge on any atom is -0.0237 e. The Morgan fingerprint density at radius 1 is 1.31 bits per heavy atom. The first kappa shape index (κ1) is 15.0. The molecule has 13 heavy (non-hydrogen) atoms. The zero-order chi connectivity index (χ0) is 10.7. The Morgan fingerprint density at radius 3 is 2.23 bits per heavy atom. The Morgan fingerprint density at radius 2 is 1.85 bits per heavy atom. The third-order valence-corrected chi connectivity index (χ3v) is 2.14. The second kappa shape index (κ2) is 11.5. The van der Waals surface area contributed by atoms with Crippen LogP contribution in [0, 0.1) is 5.92 Å². The lowest BCUT2D eigenvalue weighted by Crippen LogP contribution is -1.94. The van der Waals surface area contributed by atoms with Crippen molar-refractivity contribution in [1.29, 1.82) is 0 Å². The Kier molecular flexibility index (Phi) is 13.2. The van der Waals surface area contributed by atoms with E-state index in [0.717, 1.165) is 6.42 Å². The van der Waals surface area contributed by atoms with E-state index in [1.807, 2.05) is 19.9 Å². The van der Waals surface area contributed by atoms with Crippen LogP contribution in [-0.4, -0.2) is 0 Å². The molecule has 0 heterocycles. The molecule has 0 aromatic rings. The van der Waals surface area contributed by atoms with E-state index in [-0.39, 0.29) is 0 Å². The van der Waals surface area contributed by atoms with Crippen molar-refractivity contribution in [3.8, 4) is 0 Å². The highest BCUT2D eigenvalue weighted by molar-refractivity contribution is 4.93. The summed E-state index contributed by atoms with van der Waals surface area (Å²) in [5.74, 6) is 0.694. The topological polar surface area (TPSA) is 0 Å². The van der Waals surface area contributed by atoms with Crippen LogP contribution in [0.4, 0.5) is 0 Å². The van der Waals surface area contributed by atoms with E-state index in [0.29, 0.717) is 5.92 Å². The molecule has 1 unspecified atom stereocenters. The smallest absolute Gasteiger partial charge is 0.0237 e. The van der Waals surface area contributed by atoms with Crippen molar-refractivity contribution in [3.63, 3.8) is 0 Å². The molecule has 0 heteroatoms. The molecule has 0 aromatic carbocycles. The fourth-order valence-electron chi connectivity index (χ4n) is 0.986. The van der Waals surface area contributed by atoms with Gasteiger partial charge in [-0.25, -0.2) is 0 Å². The van der Waals surface area contributed by atoms with Crippen molar-refractivity contribution in [2.24, 2.45) is 5.92 Å². The molecule has 1 atom stereocenters. The van der Waals surface area contributed by atoms with E-state index in [2.05, 4.69) is 27.0 Å². The zero-order valence-electron chi connectivity index (χ0n) is 9.90. The second-order valence-corrected chi connectivity index (χ2v) is 3.32. The minimum atomic E-state index is 0.694. The lowest BCUT2D eigenvalue weighted by molar-refractivity contribution is 0.562. The first-order valence-electron chi connectivity index (χ1n) is 5.44. The molecule has 0 aliphatic carbocycles. The van der Waals surface area contributed by atoms with Gasteiger partial charge in [-0.05, 0) is 32.1 Å². The third kappa shape index (κ3) is 11.5. The largest absolute Gasteiger partial charge is 0.103 e. The van der Waals surface area contributed by atoms with Gasteiger partial charge >= 0.3 is 0 Å². The van der Waals surface area contributed by atoms with Gasteiger partial charge in [0.15, 0.2) is 0 Å². The van der Waals surface area contributed by atoms with Crippen molar-refractivity contribution < 1.29 is 0 Å². The molecule has 0 nitrogen and oxygen atoms in total. The molecule has 78 valence electrons. The maximum atomic E-state index is 3.93. The van der Waals surface area contributed by atoms with E-state index in [1.165, 1.54) is 24.8 Å². The van der Waals surface area contributed by atoms with Crippen molar-refractivity contribution >= 4 is 0 Å². The van der Waals surface area contributed by atoms with Crippen molar-refractivity contribution in [3.05, 3.63) is 24.8 Å². The summed E-state index contributed by atoms with van der Waals surface area (Å²) in [6.45, 7) is 16.0. The number of hydrogen-bond acceptors (Lipinski definition) is 0. The van der Waals surface area contributed by atoms with Gasteiger partial charge in [0.1, 0.15) is 0 Å². The van der Waals surface area contributed by atoms with E-state index < -0.39 is 0 Å². The number of rotatable bonds is 6. The van der Waals surface area contributed by atoms with Gasteiger partial charge in [0.05, 0.1) is 0 Å². The molecule has 0 saturated heterocycles. The van der Waals surface area contributed by atoms with Gasteiger partial charge in [0, 0.05) is 0 Å². The first-order chi connectivity index (χ1) is 6.18. The van der Waals surface area contributed by atoms with Crippen molar-refractivity contribution in [1.82, 2.24) is 0 Å². The molecule has 0 radical (unpaired) electrons. The van der Waals surface area contributed by atoms with Gasteiger partial charge in [-0.1, -0.05) is 45.4 Å². The van der Waals surface area contributed by atoms with Crippen LogP contribution in [0.2, 0.25) is 0 Å². The Bertz CT molecular complexity index is 122. The molecule has 0 N–H and O–H groups in total. The number of hydrogen-bond donors (Lipinski definition) is 0. The number of unbranched alkanes of at least 4 members (excludes halogenated alkanes) is 2. The quantitative estimate of drug-likeness (QED) is 0.402. The van der Waals surface area contributed by atoms with Crippen LogP contribution in [0.3, 0.4) is 0 Å². The van der Waals surface area contributed by atoms with Gasteiger partial charge in [0.25, 0.3) is 0 Å². The second-order valence-electron chi connectivity index (χ2n) is 3.32. The summed E-state index contributed by atoms with van der Waals surface area (Å²) < 4.78 is 0. The molecule has 0 amide bonds. The van der Waals surface area contributed by atoms with Gasteiger partial charge in [0.2, 0.25) is 0 Å². The number of allylic oxidation sites excluding steroid dienone is 2. The van der Waals surface area contributed by atoms with Gasteiger partial charge in [-0.3, -0.25) is 0 Å². The minimum Gasteiger partial charge on any atom is -0.103 e. The van der Waals surface area contributed by atoms with Crippen LogP contribution >= 0.6 is 0 Å². The summed E-state index contributed by atoms with van der Waals surface area (Å²) in [5.41, 5.74) is 1.31. The summed E-state index contributed by atoms with van der Waals surface area (Å²) in [6, 6.07) is 0. The molecule has 0 aliphatic rings. The maximum absolute atomic E-state index is 3.93. The average molecular weight is 182 g/mol. The summed E-state index contributed by atoms with van der Waals surface area (Å²) in [6.07, 6.45) is 7.01. The molecular weight excluding hydrogens is 156 g/mol. The monoisotopic (exact) mass is 182 g/mol. The molecular formula is C13H26. The van der Waals surface area contributed by atoms with E-state index in [9.17, 15) is 0 Å². The molecule has 0 saturated carbocycles. The van der Waals surface area contributed by atoms with Gasteiger partial charge in [-0.15, -0.1) is 6.58 Å². The summed E-state index contributed by atoms with van der Waals surface area (Å²) >= 11 is 0. The van der Waals surface area contributed by atoms with Crippen molar-refractivity contribution in [2.75, 3.05) is 0 Å². The fraction of sp³-hybridized carbons (Fsp3) is 0.692. The van der Waals surface area contributed by atoms with Crippen LogP contribution < -0.4 is 0 Å². The molecule has 0 rings (SSSR count). The SMILES string of the molecule is C=CCCCCC(C)C(=C)C.CC. The van der Waals surface area contributed by atoms with Crippen LogP contribution in [0.15, 0.2) is 24.8 Å². The van der Waals surface area contributed by atoms with Gasteiger partial charge < -0.3 is 0 Å². The molecule has 0 spiro atoms. The first-order valence-corrected chi connectivity index (χ1v) is 5.44. The Hall–Kier alpha value is -0.520.